The van der Waals surface area contributed by atoms with E-state index in [4.69, 9.17) is 16.3 Å². The van der Waals surface area contributed by atoms with Gasteiger partial charge in [0.1, 0.15) is 6.61 Å². The maximum atomic E-state index is 11.0. The van der Waals surface area contributed by atoms with Crippen LogP contribution in [0.3, 0.4) is 0 Å². The quantitative estimate of drug-likeness (QED) is 0.476. The highest BCUT2D eigenvalue weighted by atomic mass is 127. The SMILES string of the molecule is O=C(OCC#CI)OCc1ccccc1Cl. The van der Waals surface area contributed by atoms with Crippen LogP contribution in [-0.4, -0.2) is 12.8 Å². The number of carbonyl (C=O) groups excluding carboxylic acids is 1. The number of rotatable bonds is 3. The van der Waals surface area contributed by atoms with Gasteiger partial charge in [0.2, 0.25) is 0 Å². The van der Waals surface area contributed by atoms with Crippen molar-refractivity contribution in [2.45, 2.75) is 6.61 Å². The fourth-order valence-corrected chi connectivity index (χ4v) is 1.26. The molecule has 0 saturated carbocycles. The van der Waals surface area contributed by atoms with E-state index in [1.807, 2.05) is 28.7 Å². The lowest BCUT2D eigenvalue weighted by Gasteiger charge is -2.05. The molecule has 84 valence electrons. The highest BCUT2D eigenvalue weighted by Crippen LogP contribution is 2.15. The lowest BCUT2D eigenvalue weighted by atomic mass is 10.2. The molecule has 0 aromatic heterocycles. The van der Waals surface area contributed by atoms with Gasteiger partial charge in [-0.1, -0.05) is 35.7 Å². The molecule has 0 heterocycles. The van der Waals surface area contributed by atoms with E-state index in [2.05, 4.69) is 14.6 Å². The summed E-state index contributed by atoms with van der Waals surface area (Å²) in [5.74, 6) is 2.58. The number of hydrogen-bond donors (Lipinski definition) is 0. The zero-order valence-electron chi connectivity index (χ0n) is 8.20. The van der Waals surface area contributed by atoms with Crippen molar-refractivity contribution in [3.63, 3.8) is 0 Å². The van der Waals surface area contributed by atoms with E-state index in [9.17, 15) is 4.79 Å². The minimum absolute atomic E-state index is 0.0320. The van der Waals surface area contributed by atoms with Crippen LogP contribution >= 0.6 is 34.2 Å². The van der Waals surface area contributed by atoms with Crippen molar-refractivity contribution in [2.24, 2.45) is 0 Å². The van der Waals surface area contributed by atoms with Gasteiger partial charge in [0, 0.05) is 33.2 Å². The lowest BCUT2D eigenvalue weighted by molar-refractivity contribution is 0.0589. The molecule has 0 amide bonds. The molecule has 1 aromatic carbocycles. The second-order valence-electron chi connectivity index (χ2n) is 2.69. The Morgan fingerprint density at radius 1 is 1.38 bits per heavy atom. The molecule has 0 radical (unpaired) electrons. The van der Waals surface area contributed by atoms with E-state index in [-0.39, 0.29) is 13.2 Å². The molecule has 0 aliphatic carbocycles. The highest BCUT2D eigenvalue weighted by Gasteiger charge is 2.05. The number of carbonyl (C=O) groups is 1. The first-order chi connectivity index (χ1) is 7.74. The zero-order valence-corrected chi connectivity index (χ0v) is 11.1. The largest absolute Gasteiger partial charge is 0.509 e. The zero-order chi connectivity index (χ0) is 11.8. The Balaban J connectivity index is 2.36. The van der Waals surface area contributed by atoms with Crippen LogP contribution in [0, 0.1) is 9.85 Å². The second kappa shape index (κ2) is 7.36. The lowest BCUT2D eigenvalue weighted by Crippen LogP contribution is -2.07. The first kappa shape index (κ1) is 13.1. The van der Waals surface area contributed by atoms with E-state index < -0.39 is 6.16 Å². The predicted molar refractivity (Wildman–Crippen MR) is 69.4 cm³/mol. The van der Waals surface area contributed by atoms with E-state index in [1.165, 1.54) is 0 Å². The fourth-order valence-electron chi connectivity index (χ4n) is 0.916. The Hall–Kier alpha value is -0.930. The van der Waals surface area contributed by atoms with Crippen LogP contribution in [0.25, 0.3) is 0 Å². The molecule has 1 rings (SSSR count). The molecule has 0 N–H and O–H groups in total. The number of hydrogen-bond acceptors (Lipinski definition) is 3. The van der Waals surface area contributed by atoms with Crippen molar-refractivity contribution in [1.29, 1.82) is 0 Å². The number of benzene rings is 1. The predicted octanol–water partition coefficient (Wildman–Crippen LogP) is 3.39. The van der Waals surface area contributed by atoms with Crippen LogP contribution in [0.5, 0.6) is 0 Å². The van der Waals surface area contributed by atoms with Gasteiger partial charge in [-0.2, -0.15) is 0 Å². The van der Waals surface area contributed by atoms with Gasteiger partial charge in [-0.25, -0.2) is 4.79 Å². The van der Waals surface area contributed by atoms with Crippen LogP contribution in [0.1, 0.15) is 5.56 Å². The third-order valence-corrected chi connectivity index (χ3v) is 2.38. The van der Waals surface area contributed by atoms with Crippen LogP contribution in [-0.2, 0) is 16.1 Å². The first-order valence-electron chi connectivity index (χ1n) is 4.35. The molecule has 0 spiro atoms. The molecule has 5 heteroatoms. The van der Waals surface area contributed by atoms with Gasteiger partial charge in [0.05, 0.1) is 0 Å². The van der Waals surface area contributed by atoms with Crippen LogP contribution in [0.15, 0.2) is 24.3 Å². The first-order valence-corrected chi connectivity index (χ1v) is 5.81. The van der Waals surface area contributed by atoms with Crippen molar-refractivity contribution in [3.8, 4) is 9.85 Å². The van der Waals surface area contributed by atoms with Crippen molar-refractivity contribution in [3.05, 3.63) is 34.9 Å². The van der Waals surface area contributed by atoms with Crippen LogP contribution in [0.2, 0.25) is 5.02 Å². The monoisotopic (exact) mass is 350 g/mol. The van der Waals surface area contributed by atoms with Crippen molar-refractivity contribution in [1.82, 2.24) is 0 Å². The molecule has 1 aromatic rings. The average Bonchev–Trinajstić information content (AvgIpc) is 2.28. The standard InChI is InChI=1S/C11H8ClIO3/c12-10-5-2-1-4-9(10)8-16-11(14)15-7-3-6-13/h1-2,4-5H,7-8H2. The summed E-state index contributed by atoms with van der Waals surface area (Å²) in [7, 11) is 0. The number of ether oxygens (including phenoxy) is 2. The van der Waals surface area contributed by atoms with Gasteiger partial charge in [-0.15, -0.1) is 0 Å². The molecule has 16 heavy (non-hydrogen) atoms. The summed E-state index contributed by atoms with van der Waals surface area (Å²) in [5, 5.41) is 0.558. The molecular formula is C11H8ClIO3. The molecule has 3 nitrogen and oxygen atoms in total. The molecule has 0 bridgehead atoms. The fraction of sp³-hybridized carbons (Fsp3) is 0.182. The van der Waals surface area contributed by atoms with Gasteiger partial charge in [0.15, 0.2) is 6.61 Å². The van der Waals surface area contributed by atoms with Gasteiger partial charge in [-0.3, -0.25) is 0 Å². The summed E-state index contributed by atoms with van der Waals surface area (Å²) < 4.78 is 12.1. The smallest absolute Gasteiger partial charge is 0.429 e. The second-order valence-corrected chi connectivity index (χ2v) is 3.64. The molecule has 0 aliphatic rings. The van der Waals surface area contributed by atoms with Gasteiger partial charge < -0.3 is 9.47 Å². The van der Waals surface area contributed by atoms with E-state index in [0.717, 1.165) is 5.56 Å². The van der Waals surface area contributed by atoms with Crippen molar-refractivity contribution >= 4 is 40.3 Å². The molecule has 0 saturated heterocycles. The van der Waals surface area contributed by atoms with Gasteiger partial charge in [-0.05, 0) is 9.99 Å². The van der Waals surface area contributed by atoms with Gasteiger partial charge in [0.25, 0.3) is 0 Å². The van der Waals surface area contributed by atoms with Gasteiger partial charge >= 0.3 is 6.16 Å². The maximum absolute atomic E-state index is 11.0. The molecule has 0 atom stereocenters. The summed E-state index contributed by atoms with van der Waals surface area (Å²) in [6, 6.07) is 7.13. The highest BCUT2D eigenvalue weighted by molar-refractivity contribution is 14.1. The van der Waals surface area contributed by atoms with Crippen molar-refractivity contribution < 1.29 is 14.3 Å². The minimum atomic E-state index is -0.751. The molecular weight excluding hydrogens is 342 g/mol. The van der Waals surface area contributed by atoms with Crippen LogP contribution in [0.4, 0.5) is 4.79 Å². The third kappa shape index (κ3) is 4.73. The van der Waals surface area contributed by atoms with E-state index in [1.54, 1.807) is 18.2 Å². The third-order valence-electron chi connectivity index (χ3n) is 1.63. The van der Waals surface area contributed by atoms with E-state index in [0.29, 0.717) is 5.02 Å². The van der Waals surface area contributed by atoms with Crippen molar-refractivity contribution in [2.75, 3.05) is 6.61 Å². The number of halogens is 2. The molecule has 0 aliphatic heterocycles. The maximum Gasteiger partial charge on any atom is 0.509 e. The summed E-state index contributed by atoms with van der Waals surface area (Å²) in [6.45, 7) is 0.125. The minimum Gasteiger partial charge on any atom is -0.429 e. The molecule has 0 unspecified atom stereocenters. The van der Waals surface area contributed by atoms with Crippen LogP contribution < -0.4 is 0 Å². The van der Waals surface area contributed by atoms with E-state index >= 15 is 0 Å². The molecule has 0 fully saturated rings. The summed E-state index contributed by atoms with van der Waals surface area (Å²) in [5.41, 5.74) is 0.737. The Labute approximate surface area is 112 Å². The Bertz CT molecular complexity index is 423. The Kier molecular flexibility index (Phi) is 6.04. The Morgan fingerprint density at radius 2 is 2.12 bits per heavy atom. The summed E-state index contributed by atoms with van der Waals surface area (Å²) in [4.78, 5) is 11.0. The normalized spacial score (nSPS) is 8.88. The topological polar surface area (TPSA) is 35.5 Å². The average molecular weight is 351 g/mol. The summed E-state index contributed by atoms with van der Waals surface area (Å²) >= 11 is 7.74. The summed E-state index contributed by atoms with van der Waals surface area (Å²) in [6.07, 6.45) is -0.751. The Morgan fingerprint density at radius 3 is 2.81 bits per heavy atom.